The number of hydrogen-bond donors (Lipinski definition) is 3. The quantitative estimate of drug-likeness (QED) is 0.540. The summed E-state index contributed by atoms with van der Waals surface area (Å²) in [6.07, 6.45) is 2.91. The second-order valence-electron chi connectivity index (χ2n) is 2.15. The highest BCUT2D eigenvalue weighted by molar-refractivity contribution is 5.33. The molecule has 1 heterocycles. The van der Waals surface area contributed by atoms with Gasteiger partial charge in [-0.25, -0.2) is 0 Å². The molecule has 10 heavy (non-hydrogen) atoms. The van der Waals surface area contributed by atoms with Crippen LogP contribution in [0.3, 0.4) is 0 Å². The molecule has 1 aromatic rings. The van der Waals surface area contributed by atoms with Crippen LogP contribution in [0.15, 0.2) is 18.3 Å². The Kier molecular flexibility index (Phi) is 2.83. The SMILES string of the molecule is NCCCNc1ccc[nH]1. The fourth-order valence-electron chi connectivity index (χ4n) is 0.765. The summed E-state index contributed by atoms with van der Waals surface area (Å²) in [4.78, 5) is 3.04. The predicted molar refractivity (Wildman–Crippen MR) is 43.0 cm³/mol. The zero-order valence-electron chi connectivity index (χ0n) is 5.93. The van der Waals surface area contributed by atoms with Gasteiger partial charge in [0.05, 0.1) is 0 Å². The Hall–Kier alpha value is -0.960. The summed E-state index contributed by atoms with van der Waals surface area (Å²) in [6.45, 7) is 1.69. The minimum absolute atomic E-state index is 0.744. The van der Waals surface area contributed by atoms with Crippen molar-refractivity contribution in [3.63, 3.8) is 0 Å². The van der Waals surface area contributed by atoms with Gasteiger partial charge in [0.15, 0.2) is 0 Å². The second-order valence-corrected chi connectivity index (χ2v) is 2.15. The van der Waals surface area contributed by atoms with Gasteiger partial charge < -0.3 is 16.0 Å². The van der Waals surface area contributed by atoms with Crippen molar-refractivity contribution in [3.8, 4) is 0 Å². The number of aromatic amines is 1. The molecule has 0 aromatic carbocycles. The normalized spacial score (nSPS) is 9.70. The third kappa shape index (κ3) is 2.11. The molecule has 1 rings (SSSR count). The van der Waals surface area contributed by atoms with Gasteiger partial charge in [-0.2, -0.15) is 0 Å². The van der Waals surface area contributed by atoms with Gasteiger partial charge in [0, 0.05) is 12.7 Å². The van der Waals surface area contributed by atoms with Gasteiger partial charge in [-0.05, 0) is 25.1 Å². The van der Waals surface area contributed by atoms with Crippen LogP contribution in [-0.2, 0) is 0 Å². The highest BCUT2D eigenvalue weighted by Crippen LogP contribution is 1.99. The van der Waals surface area contributed by atoms with E-state index in [2.05, 4.69) is 10.3 Å². The van der Waals surface area contributed by atoms with Gasteiger partial charge in [-0.15, -0.1) is 0 Å². The molecule has 4 N–H and O–H groups in total. The number of H-pyrrole nitrogens is 1. The van der Waals surface area contributed by atoms with E-state index in [1.807, 2.05) is 18.3 Å². The first-order valence-corrected chi connectivity index (χ1v) is 3.51. The lowest BCUT2D eigenvalue weighted by atomic mass is 10.4. The van der Waals surface area contributed by atoms with E-state index in [1.165, 1.54) is 0 Å². The molecule has 0 saturated heterocycles. The first-order chi connectivity index (χ1) is 4.93. The van der Waals surface area contributed by atoms with Gasteiger partial charge in [-0.3, -0.25) is 0 Å². The third-order valence-corrected chi connectivity index (χ3v) is 1.29. The Morgan fingerprint density at radius 1 is 1.60 bits per heavy atom. The van der Waals surface area contributed by atoms with Crippen LogP contribution in [0.1, 0.15) is 6.42 Å². The first-order valence-electron chi connectivity index (χ1n) is 3.51. The van der Waals surface area contributed by atoms with Gasteiger partial charge >= 0.3 is 0 Å². The van der Waals surface area contributed by atoms with E-state index >= 15 is 0 Å². The van der Waals surface area contributed by atoms with Crippen LogP contribution in [0.5, 0.6) is 0 Å². The van der Waals surface area contributed by atoms with E-state index in [-0.39, 0.29) is 0 Å². The fourth-order valence-corrected chi connectivity index (χ4v) is 0.765. The largest absolute Gasteiger partial charge is 0.372 e. The zero-order chi connectivity index (χ0) is 7.23. The Bertz CT molecular complexity index is 157. The van der Waals surface area contributed by atoms with Crippen LogP contribution >= 0.6 is 0 Å². The minimum Gasteiger partial charge on any atom is -0.372 e. The summed E-state index contributed by atoms with van der Waals surface area (Å²) in [5, 5.41) is 3.19. The Morgan fingerprint density at radius 3 is 3.10 bits per heavy atom. The molecule has 0 amide bonds. The molecule has 0 radical (unpaired) electrons. The molecule has 0 unspecified atom stereocenters. The standard InChI is InChI=1S/C7H13N3/c8-4-2-6-10-7-3-1-5-9-7/h1,3,5,9-10H,2,4,6,8H2. The Labute approximate surface area is 60.6 Å². The van der Waals surface area contributed by atoms with Crippen LogP contribution < -0.4 is 11.1 Å². The highest BCUT2D eigenvalue weighted by atomic mass is 15.0. The van der Waals surface area contributed by atoms with Crippen LogP contribution in [0.4, 0.5) is 5.82 Å². The molecular formula is C7H13N3. The lowest BCUT2D eigenvalue weighted by Gasteiger charge is -2.00. The van der Waals surface area contributed by atoms with Gasteiger partial charge in [0.1, 0.15) is 5.82 Å². The molecule has 0 atom stereocenters. The van der Waals surface area contributed by atoms with E-state index < -0.39 is 0 Å². The monoisotopic (exact) mass is 139 g/mol. The topological polar surface area (TPSA) is 53.8 Å². The molecule has 1 aromatic heterocycles. The molecule has 0 aliphatic rings. The van der Waals surface area contributed by atoms with Crippen LogP contribution in [0, 0.1) is 0 Å². The van der Waals surface area contributed by atoms with Crippen molar-refractivity contribution >= 4 is 5.82 Å². The number of nitrogens with two attached hydrogens (primary N) is 1. The maximum Gasteiger partial charge on any atom is 0.103 e. The molecule has 0 saturated carbocycles. The van der Waals surface area contributed by atoms with Crippen molar-refractivity contribution in [1.82, 2.24) is 4.98 Å². The number of nitrogens with one attached hydrogen (secondary N) is 2. The summed E-state index contributed by atoms with van der Waals surface area (Å²) in [7, 11) is 0. The highest BCUT2D eigenvalue weighted by Gasteiger charge is 1.87. The molecule has 0 bridgehead atoms. The van der Waals surface area contributed by atoms with Crippen LogP contribution in [0.25, 0.3) is 0 Å². The van der Waals surface area contributed by atoms with Gasteiger partial charge in [-0.1, -0.05) is 0 Å². The minimum atomic E-state index is 0.744. The Morgan fingerprint density at radius 2 is 2.50 bits per heavy atom. The van der Waals surface area contributed by atoms with Gasteiger partial charge in [0.2, 0.25) is 0 Å². The van der Waals surface area contributed by atoms with E-state index in [0.717, 1.165) is 25.3 Å². The van der Waals surface area contributed by atoms with Gasteiger partial charge in [0.25, 0.3) is 0 Å². The van der Waals surface area contributed by atoms with Crippen LogP contribution in [-0.4, -0.2) is 18.1 Å². The van der Waals surface area contributed by atoms with Crippen molar-refractivity contribution < 1.29 is 0 Å². The van der Waals surface area contributed by atoms with Crippen molar-refractivity contribution in [2.75, 3.05) is 18.4 Å². The molecule has 0 aliphatic heterocycles. The van der Waals surface area contributed by atoms with E-state index in [1.54, 1.807) is 0 Å². The summed E-state index contributed by atoms with van der Waals surface area (Å²) in [6, 6.07) is 3.96. The number of anilines is 1. The number of aromatic nitrogens is 1. The average Bonchev–Trinajstić information content (AvgIpc) is 2.41. The van der Waals surface area contributed by atoms with Crippen LogP contribution in [0.2, 0.25) is 0 Å². The smallest absolute Gasteiger partial charge is 0.103 e. The molecule has 3 nitrogen and oxygen atoms in total. The Balaban J connectivity index is 2.15. The summed E-state index contributed by atoms with van der Waals surface area (Å²) in [5.74, 6) is 1.06. The lowest BCUT2D eigenvalue weighted by molar-refractivity contribution is 0.871. The number of hydrogen-bond acceptors (Lipinski definition) is 2. The fraction of sp³-hybridized carbons (Fsp3) is 0.429. The van der Waals surface area contributed by atoms with E-state index in [9.17, 15) is 0 Å². The maximum absolute atomic E-state index is 5.32. The van der Waals surface area contributed by atoms with E-state index in [4.69, 9.17) is 5.73 Å². The molecular weight excluding hydrogens is 126 g/mol. The molecule has 0 spiro atoms. The van der Waals surface area contributed by atoms with Crippen molar-refractivity contribution in [1.29, 1.82) is 0 Å². The van der Waals surface area contributed by atoms with Crippen molar-refractivity contribution in [2.45, 2.75) is 6.42 Å². The molecule has 0 fully saturated rings. The molecule has 3 heteroatoms. The third-order valence-electron chi connectivity index (χ3n) is 1.29. The lowest BCUT2D eigenvalue weighted by Crippen LogP contribution is -2.08. The first kappa shape index (κ1) is 7.15. The summed E-state index contributed by atoms with van der Waals surface area (Å²) in [5.41, 5.74) is 5.32. The van der Waals surface area contributed by atoms with E-state index in [0.29, 0.717) is 0 Å². The van der Waals surface area contributed by atoms with Crippen molar-refractivity contribution in [2.24, 2.45) is 5.73 Å². The van der Waals surface area contributed by atoms with Crippen molar-refractivity contribution in [3.05, 3.63) is 18.3 Å². The average molecular weight is 139 g/mol. The molecule has 56 valence electrons. The zero-order valence-corrected chi connectivity index (χ0v) is 5.93. The predicted octanol–water partition coefficient (Wildman–Crippen LogP) is 0.775. The maximum atomic E-state index is 5.32. The number of rotatable bonds is 4. The second kappa shape index (κ2) is 3.95. The summed E-state index contributed by atoms with van der Waals surface area (Å²) < 4.78 is 0. The summed E-state index contributed by atoms with van der Waals surface area (Å²) >= 11 is 0. The molecule has 0 aliphatic carbocycles.